The van der Waals surface area contributed by atoms with Crippen LogP contribution in [0.15, 0.2) is 23.8 Å². The Kier molecular flexibility index (Phi) is 3.74. The maximum absolute atomic E-state index is 5.60. The topological polar surface area (TPSA) is 43.8 Å². The van der Waals surface area contributed by atoms with E-state index in [1.54, 1.807) is 11.3 Å². The van der Waals surface area contributed by atoms with Gasteiger partial charge in [-0.15, -0.1) is 11.3 Å². The van der Waals surface area contributed by atoms with Gasteiger partial charge in [0.2, 0.25) is 0 Å². The highest BCUT2D eigenvalue weighted by Crippen LogP contribution is 2.17. The van der Waals surface area contributed by atoms with E-state index in [4.69, 9.17) is 5.73 Å². The van der Waals surface area contributed by atoms with Crippen molar-refractivity contribution >= 4 is 11.3 Å². The van der Waals surface area contributed by atoms with Crippen LogP contribution in [0.3, 0.4) is 0 Å². The lowest BCUT2D eigenvalue weighted by Gasteiger charge is -2.04. The molecule has 2 aromatic heterocycles. The lowest BCUT2D eigenvalue weighted by Crippen LogP contribution is -2.02. The molecular weight excluding hydrogens is 218 g/mol. The summed E-state index contributed by atoms with van der Waals surface area (Å²) in [5.41, 5.74) is 6.92. The first-order chi connectivity index (χ1) is 7.83. The summed E-state index contributed by atoms with van der Waals surface area (Å²) in [7, 11) is 0. The fourth-order valence-corrected chi connectivity index (χ4v) is 2.53. The monoisotopic (exact) mass is 235 g/mol. The molecule has 2 rings (SSSR count). The number of rotatable bonds is 5. The molecule has 86 valence electrons. The van der Waals surface area contributed by atoms with Crippen LogP contribution in [0.25, 0.3) is 0 Å². The maximum Gasteiger partial charge on any atom is 0.113 e. The zero-order chi connectivity index (χ0) is 11.4. The molecule has 0 radical (unpaired) electrons. The van der Waals surface area contributed by atoms with E-state index >= 15 is 0 Å². The molecule has 0 fully saturated rings. The van der Waals surface area contributed by atoms with E-state index in [-0.39, 0.29) is 0 Å². The van der Waals surface area contributed by atoms with Crippen molar-refractivity contribution < 1.29 is 0 Å². The van der Waals surface area contributed by atoms with E-state index in [0.29, 0.717) is 6.54 Å². The normalized spacial score (nSPS) is 10.9. The molecule has 2 heterocycles. The van der Waals surface area contributed by atoms with Crippen molar-refractivity contribution in [2.45, 2.75) is 32.9 Å². The zero-order valence-electron chi connectivity index (χ0n) is 9.52. The first-order valence-corrected chi connectivity index (χ1v) is 6.47. The Bertz CT molecular complexity index is 445. The molecule has 0 bridgehead atoms. The van der Waals surface area contributed by atoms with Gasteiger partial charge in [-0.25, -0.2) is 4.98 Å². The Labute approximate surface area is 99.9 Å². The van der Waals surface area contributed by atoms with Crippen LogP contribution in [-0.2, 0) is 19.5 Å². The molecule has 4 heteroatoms. The van der Waals surface area contributed by atoms with Crippen LogP contribution in [0.5, 0.6) is 0 Å². The van der Waals surface area contributed by atoms with E-state index in [1.165, 1.54) is 10.4 Å². The average Bonchev–Trinajstić information content (AvgIpc) is 2.90. The van der Waals surface area contributed by atoms with E-state index in [0.717, 1.165) is 25.2 Å². The summed E-state index contributed by atoms with van der Waals surface area (Å²) in [6.45, 7) is 3.86. The number of aryl methyl sites for hydroxylation is 1. The van der Waals surface area contributed by atoms with Crippen LogP contribution < -0.4 is 5.73 Å². The molecule has 0 aliphatic heterocycles. The Balaban J connectivity index is 2.10. The third-order valence-corrected chi connectivity index (χ3v) is 3.55. The molecule has 0 saturated heterocycles. The van der Waals surface area contributed by atoms with Gasteiger partial charge in [-0.3, -0.25) is 0 Å². The molecule has 2 N–H and O–H groups in total. The molecule has 0 saturated carbocycles. The molecule has 0 amide bonds. The molecule has 0 aromatic carbocycles. The summed E-state index contributed by atoms with van der Waals surface area (Å²) >= 11 is 1.73. The Morgan fingerprint density at radius 2 is 2.38 bits per heavy atom. The smallest absolute Gasteiger partial charge is 0.113 e. The Morgan fingerprint density at radius 3 is 3.06 bits per heavy atom. The highest BCUT2D eigenvalue weighted by molar-refractivity contribution is 7.10. The minimum absolute atomic E-state index is 0.633. The summed E-state index contributed by atoms with van der Waals surface area (Å²) in [4.78, 5) is 5.64. The first-order valence-electron chi connectivity index (χ1n) is 5.60. The number of hydrogen-bond donors (Lipinski definition) is 1. The summed E-state index contributed by atoms with van der Waals surface area (Å²) in [5, 5.41) is 2.17. The predicted molar refractivity (Wildman–Crippen MR) is 67.5 cm³/mol. The number of imidazole rings is 1. The Morgan fingerprint density at radius 1 is 1.50 bits per heavy atom. The van der Waals surface area contributed by atoms with Gasteiger partial charge in [0, 0.05) is 36.8 Å². The van der Waals surface area contributed by atoms with Gasteiger partial charge in [-0.05, 0) is 23.4 Å². The molecule has 0 unspecified atom stereocenters. The van der Waals surface area contributed by atoms with Gasteiger partial charge >= 0.3 is 0 Å². The highest BCUT2D eigenvalue weighted by Gasteiger charge is 2.05. The third kappa shape index (κ3) is 2.51. The summed E-state index contributed by atoms with van der Waals surface area (Å²) < 4.78 is 2.22. The predicted octanol–water partition coefficient (Wildman–Crippen LogP) is 2.40. The third-order valence-electron chi connectivity index (χ3n) is 2.54. The van der Waals surface area contributed by atoms with Crippen molar-refractivity contribution in [3.63, 3.8) is 0 Å². The van der Waals surface area contributed by atoms with Crippen LogP contribution in [0, 0.1) is 0 Å². The second kappa shape index (κ2) is 5.27. The van der Waals surface area contributed by atoms with Crippen LogP contribution in [0.1, 0.15) is 29.6 Å². The van der Waals surface area contributed by atoms with Crippen LogP contribution in [0.4, 0.5) is 0 Å². The molecule has 0 aliphatic rings. The van der Waals surface area contributed by atoms with Gasteiger partial charge in [0.1, 0.15) is 5.82 Å². The van der Waals surface area contributed by atoms with Gasteiger partial charge in [-0.1, -0.05) is 6.92 Å². The lowest BCUT2D eigenvalue weighted by molar-refractivity contribution is 0.647. The minimum Gasteiger partial charge on any atom is -0.335 e. The van der Waals surface area contributed by atoms with Crippen LogP contribution >= 0.6 is 11.3 Å². The quantitative estimate of drug-likeness (QED) is 0.865. The standard InChI is InChI=1S/C12H17N3S/c1-2-4-15-5-3-14-12(15)7-10-6-11(8-13)16-9-10/h3,5-6,9H,2,4,7-8,13H2,1H3. The second-order valence-electron chi connectivity index (χ2n) is 3.84. The molecule has 0 aliphatic carbocycles. The maximum atomic E-state index is 5.60. The van der Waals surface area contributed by atoms with E-state index in [2.05, 4.69) is 34.1 Å². The summed E-state index contributed by atoms with van der Waals surface area (Å²) in [6, 6.07) is 2.18. The van der Waals surface area contributed by atoms with Crippen LogP contribution in [-0.4, -0.2) is 9.55 Å². The number of aromatic nitrogens is 2. The first kappa shape index (κ1) is 11.4. The minimum atomic E-state index is 0.633. The number of nitrogens with zero attached hydrogens (tertiary/aromatic N) is 2. The van der Waals surface area contributed by atoms with Crippen molar-refractivity contribution in [3.05, 3.63) is 40.1 Å². The van der Waals surface area contributed by atoms with E-state index < -0.39 is 0 Å². The molecule has 3 nitrogen and oxygen atoms in total. The van der Waals surface area contributed by atoms with Gasteiger partial charge in [-0.2, -0.15) is 0 Å². The SMILES string of the molecule is CCCn1ccnc1Cc1csc(CN)c1. The molecular formula is C12H17N3S. The molecule has 0 spiro atoms. The molecule has 0 atom stereocenters. The van der Waals surface area contributed by atoms with Crippen LogP contribution in [0.2, 0.25) is 0 Å². The highest BCUT2D eigenvalue weighted by atomic mass is 32.1. The van der Waals surface area contributed by atoms with Gasteiger partial charge in [0.25, 0.3) is 0 Å². The molecule has 16 heavy (non-hydrogen) atoms. The van der Waals surface area contributed by atoms with Gasteiger partial charge in [0.05, 0.1) is 0 Å². The number of hydrogen-bond acceptors (Lipinski definition) is 3. The second-order valence-corrected chi connectivity index (χ2v) is 4.83. The Hall–Kier alpha value is -1.13. The average molecular weight is 235 g/mol. The van der Waals surface area contributed by atoms with Crippen molar-refractivity contribution in [1.82, 2.24) is 9.55 Å². The lowest BCUT2D eigenvalue weighted by atomic mass is 10.2. The fraction of sp³-hybridized carbons (Fsp3) is 0.417. The van der Waals surface area contributed by atoms with Crippen molar-refractivity contribution in [3.8, 4) is 0 Å². The largest absolute Gasteiger partial charge is 0.335 e. The summed E-state index contributed by atoms with van der Waals surface area (Å²) in [6.07, 6.45) is 5.97. The van der Waals surface area contributed by atoms with Crippen molar-refractivity contribution in [2.75, 3.05) is 0 Å². The van der Waals surface area contributed by atoms with Crippen molar-refractivity contribution in [1.29, 1.82) is 0 Å². The fourth-order valence-electron chi connectivity index (χ4n) is 1.76. The van der Waals surface area contributed by atoms with E-state index in [9.17, 15) is 0 Å². The number of thiophene rings is 1. The molecule has 2 aromatic rings. The zero-order valence-corrected chi connectivity index (χ0v) is 10.3. The van der Waals surface area contributed by atoms with Crippen molar-refractivity contribution in [2.24, 2.45) is 5.73 Å². The number of nitrogens with two attached hydrogens (primary N) is 1. The summed E-state index contributed by atoms with van der Waals surface area (Å²) in [5.74, 6) is 1.14. The van der Waals surface area contributed by atoms with E-state index in [1.807, 2.05) is 6.20 Å². The van der Waals surface area contributed by atoms with Gasteiger partial charge < -0.3 is 10.3 Å². The van der Waals surface area contributed by atoms with Gasteiger partial charge in [0.15, 0.2) is 0 Å².